The number of aromatic nitrogens is 1. The zero-order valence-corrected chi connectivity index (χ0v) is 15.8. The van der Waals surface area contributed by atoms with E-state index in [4.69, 9.17) is 9.84 Å². The van der Waals surface area contributed by atoms with Crippen LogP contribution in [0.3, 0.4) is 0 Å². The van der Waals surface area contributed by atoms with Crippen LogP contribution in [0.5, 0.6) is 5.75 Å². The third-order valence-electron chi connectivity index (χ3n) is 5.45. The van der Waals surface area contributed by atoms with Crippen LogP contribution in [0.1, 0.15) is 58.0 Å². The van der Waals surface area contributed by atoms with Crippen molar-refractivity contribution < 1.29 is 19.4 Å². The van der Waals surface area contributed by atoms with Crippen molar-refractivity contribution in [3.05, 3.63) is 23.0 Å². The number of carbonyl (C=O) groups is 2. The van der Waals surface area contributed by atoms with Crippen LogP contribution in [-0.4, -0.2) is 33.5 Å². The maximum absolute atomic E-state index is 12.4. The molecule has 140 valence electrons. The molecule has 0 bridgehead atoms. The number of fused-ring (bicyclic) bond motifs is 1. The Morgan fingerprint density at radius 1 is 1.35 bits per heavy atom. The van der Waals surface area contributed by atoms with E-state index in [-0.39, 0.29) is 34.5 Å². The third-order valence-corrected chi connectivity index (χ3v) is 5.45. The Bertz CT molecular complexity index is 813. The highest BCUT2D eigenvalue weighted by atomic mass is 16.7. The van der Waals surface area contributed by atoms with Gasteiger partial charge >= 0.3 is 6.16 Å². The van der Waals surface area contributed by atoms with Gasteiger partial charge in [0, 0.05) is 5.69 Å². The molecule has 0 saturated heterocycles. The summed E-state index contributed by atoms with van der Waals surface area (Å²) in [5.41, 5.74) is 1.40. The van der Waals surface area contributed by atoms with Crippen molar-refractivity contribution in [1.29, 1.82) is 0 Å². The molecule has 0 spiro atoms. The van der Waals surface area contributed by atoms with Gasteiger partial charge < -0.3 is 15.2 Å². The first-order valence-corrected chi connectivity index (χ1v) is 8.87. The molecule has 1 aromatic rings. The van der Waals surface area contributed by atoms with Gasteiger partial charge in [-0.15, -0.1) is 0 Å². The molecule has 0 saturated carbocycles. The predicted molar refractivity (Wildman–Crippen MR) is 96.6 cm³/mol. The summed E-state index contributed by atoms with van der Waals surface area (Å²) in [6, 6.07) is 1.73. The van der Waals surface area contributed by atoms with E-state index in [0.29, 0.717) is 0 Å². The lowest BCUT2D eigenvalue weighted by atomic mass is 9.76. The lowest BCUT2D eigenvalue weighted by molar-refractivity contribution is -0.124. The standard InChI is InChI=1S/C19H25N3O4/c1-10(2)19(5)16(23)21-15(22-19)14-13(26-17(24)25)8-11-9-18(3,4)7-6-12(11)20-14/h8,10H,6-7,9H2,1-5H3,(H,24,25)(H,21,22,23). The molecule has 26 heavy (non-hydrogen) atoms. The van der Waals surface area contributed by atoms with Gasteiger partial charge in [-0.25, -0.2) is 14.8 Å². The van der Waals surface area contributed by atoms with Crippen molar-refractivity contribution >= 4 is 17.9 Å². The van der Waals surface area contributed by atoms with Gasteiger partial charge in [0.1, 0.15) is 11.2 Å². The number of amidine groups is 1. The van der Waals surface area contributed by atoms with Gasteiger partial charge in [0.2, 0.25) is 0 Å². The van der Waals surface area contributed by atoms with Gasteiger partial charge in [-0.1, -0.05) is 27.7 Å². The van der Waals surface area contributed by atoms with Crippen molar-refractivity contribution in [3.8, 4) is 5.75 Å². The zero-order valence-electron chi connectivity index (χ0n) is 15.8. The van der Waals surface area contributed by atoms with E-state index in [2.05, 4.69) is 29.1 Å². The molecule has 2 aliphatic rings. The van der Waals surface area contributed by atoms with Crippen LogP contribution in [0.4, 0.5) is 4.79 Å². The van der Waals surface area contributed by atoms with Crippen LogP contribution in [0.25, 0.3) is 0 Å². The summed E-state index contributed by atoms with van der Waals surface area (Å²) in [4.78, 5) is 32.7. The summed E-state index contributed by atoms with van der Waals surface area (Å²) in [5, 5.41) is 11.9. The fourth-order valence-electron chi connectivity index (χ4n) is 3.39. The maximum atomic E-state index is 12.4. The average Bonchev–Trinajstić information content (AvgIpc) is 2.82. The fraction of sp³-hybridized carbons (Fsp3) is 0.579. The van der Waals surface area contributed by atoms with Crippen molar-refractivity contribution in [2.75, 3.05) is 0 Å². The highest BCUT2D eigenvalue weighted by Gasteiger charge is 2.43. The normalized spacial score (nSPS) is 24.1. The Morgan fingerprint density at radius 2 is 2.04 bits per heavy atom. The van der Waals surface area contributed by atoms with Crippen LogP contribution in [0.15, 0.2) is 11.1 Å². The Kier molecular flexibility index (Phi) is 4.29. The van der Waals surface area contributed by atoms with Crippen LogP contribution in [0, 0.1) is 11.3 Å². The Hall–Kier alpha value is -2.44. The third kappa shape index (κ3) is 3.18. The van der Waals surface area contributed by atoms with Gasteiger partial charge in [-0.3, -0.25) is 4.79 Å². The summed E-state index contributed by atoms with van der Waals surface area (Å²) in [7, 11) is 0. The van der Waals surface area contributed by atoms with Crippen LogP contribution >= 0.6 is 0 Å². The van der Waals surface area contributed by atoms with E-state index in [9.17, 15) is 9.59 Å². The highest BCUT2D eigenvalue weighted by molar-refractivity contribution is 6.15. The van der Waals surface area contributed by atoms with E-state index in [1.165, 1.54) is 0 Å². The Morgan fingerprint density at radius 3 is 2.62 bits per heavy atom. The number of nitrogens with one attached hydrogen (secondary N) is 1. The second kappa shape index (κ2) is 6.07. The molecule has 1 atom stereocenters. The number of amides is 1. The molecule has 2 N–H and O–H groups in total. The largest absolute Gasteiger partial charge is 0.511 e. The molecule has 1 aliphatic carbocycles. The number of pyridine rings is 1. The van der Waals surface area contributed by atoms with Crippen LogP contribution in [-0.2, 0) is 17.6 Å². The van der Waals surface area contributed by atoms with Crippen molar-refractivity contribution in [1.82, 2.24) is 10.3 Å². The monoisotopic (exact) mass is 359 g/mol. The number of carboxylic acid groups (broad SMARTS) is 1. The minimum absolute atomic E-state index is 0.0118. The van der Waals surface area contributed by atoms with Crippen LogP contribution in [0.2, 0.25) is 0 Å². The lowest BCUT2D eigenvalue weighted by Crippen LogP contribution is -2.41. The van der Waals surface area contributed by atoms with E-state index in [0.717, 1.165) is 30.5 Å². The maximum Gasteiger partial charge on any atom is 0.511 e. The molecular formula is C19H25N3O4. The molecule has 0 radical (unpaired) electrons. The second-order valence-electron chi connectivity index (χ2n) is 8.37. The molecular weight excluding hydrogens is 334 g/mol. The summed E-state index contributed by atoms with van der Waals surface area (Å²) in [6.45, 7) is 9.96. The first kappa shape index (κ1) is 18.4. The number of ether oxygens (including phenoxy) is 1. The predicted octanol–water partition coefficient (Wildman–Crippen LogP) is 2.94. The Labute approximate surface area is 152 Å². The van der Waals surface area contributed by atoms with E-state index >= 15 is 0 Å². The van der Waals surface area contributed by atoms with E-state index < -0.39 is 11.7 Å². The average molecular weight is 359 g/mol. The van der Waals surface area contributed by atoms with Crippen molar-refractivity contribution in [3.63, 3.8) is 0 Å². The molecule has 1 aliphatic heterocycles. The summed E-state index contributed by atoms with van der Waals surface area (Å²) >= 11 is 0. The van der Waals surface area contributed by atoms with Crippen LogP contribution < -0.4 is 10.1 Å². The zero-order chi connectivity index (χ0) is 19.3. The molecule has 7 heteroatoms. The number of nitrogens with zero attached hydrogens (tertiary/aromatic N) is 2. The second-order valence-corrected chi connectivity index (χ2v) is 8.37. The number of aliphatic imine (C=N–C) groups is 1. The van der Waals surface area contributed by atoms with Crippen molar-refractivity contribution in [2.24, 2.45) is 16.3 Å². The van der Waals surface area contributed by atoms with Gasteiger partial charge in [0.25, 0.3) is 5.91 Å². The minimum Gasteiger partial charge on any atom is -0.449 e. The highest BCUT2D eigenvalue weighted by Crippen LogP contribution is 2.37. The van der Waals surface area contributed by atoms with Gasteiger partial charge in [-0.2, -0.15) is 0 Å². The molecule has 1 amide bonds. The van der Waals surface area contributed by atoms with Gasteiger partial charge in [-0.05, 0) is 49.1 Å². The quantitative estimate of drug-likeness (QED) is 0.808. The lowest BCUT2D eigenvalue weighted by Gasteiger charge is -2.31. The molecule has 2 heterocycles. The molecule has 7 nitrogen and oxygen atoms in total. The topological polar surface area (TPSA) is 101 Å². The number of rotatable bonds is 3. The van der Waals surface area contributed by atoms with E-state index in [1.54, 1.807) is 13.0 Å². The first-order valence-electron chi connectivity index (χ1n) is 8.87. The first-order chi connectivity index (χ1) is 12.0. The number of hydrogen-bond donors (Lipinski definition) is 2. The molecule has 1 aromatic heterocycles. The fourth-order valence-corrected chi connectivity index (χ4v) is 3.39. The van der Waals surface area contributed by atoms with Crippen molar-refractivity contribution in [2.45, 2.75) is 59.4 Å². The Balaban J connectivity index is 2.10. The minimum atomic E-state index is -1.42. The molecule has 0 fully saturated rings. The molecule has 1 unspecified atom stereocenters. The summed E-state index contributed by atoms with van der Waals surface area (Å²) in [5.74, 6) is 0.155. The smallest absolute Gasteiger partial charge is 0.449 e. The van der Waals surface area contributed by atoms with E-state index in [1.807, 2.05) is 13.8 Å². The van der Waals surface area contributed by atoms with Gasteiger partial charge in [0.15, 0.2) is 11.6 Å². The number of carbonyl (C=O) groups excluding carboxylic acids is 1. The van der Waals surface area contributed by atoms with Gasteiger partial charge in [0.05, 0.1) is 0 Å². The number of hydrogen-bond acceptors (Lipinski definition) is 5. The summed E-state index contributed by atoms with van der Waals surface area (Å²) in [6.07, 6.45) is 1.17. The summed E-state index contributed by atoms with van der Waals surface area (Å²) < 4.78 is 4.98. The SMILES string of the molecule is CC(C)C1(C)N=C(c2nc3c(cc2OC(=O)O)CC(C)(C)CC3)NC1=O. The molecule has 0 aromatic carbocycles. The molecule has 3 rings (SSSR count). The number of aryl methyl sites for hydroxylation is 1.